The molecular formula is C22H27NO6S. The molecular weight excluding hydrogens is 406 g/mol. The van der Waals surface area contributed by atoms with Crippen LogP contribution in [-0.2, 0) is 19.4 Å². The SMILES string of the molecule is Cc1c(C(=O)OCC(=O)N(C2CCCCC2)C2CCS(=O)(=O)C2)oc2ccccc12. The minimum absolute atomic E-state index is 0.00807. The van der Waals surface area contributed by atoms with Gasteiger partial charge in [-0.2, -0.15) is 0 Å². The van der Waals surface area contributed by atoms with E-state index in [-0.39, 0.29) is 35.3 Å². The number of carbonyl (C=O) groups excluding carboxylic acids is 2. The van der Waals surface area contributed by atoms with Crippen LogP contribution in [-0.4, -0.2) is 55.4 Å². The van der Waals surface area contributed by atoms with Crippen molar-refractivity contribution in [2.45, 2.75) is 57.5 Å². The molecule has 1 aliphatic heterocycles. The van der Waals surface area contributed by atoms with Crippen LogP contribution in [0.1, 0.15) is 54.6 Å². The Bertz CT molecular complexity index is 1050. The highest BCUT2D eigenvalue weighted by molar-refractivity contribution is 7.91. The van der Waals surface area contributed by atoms with Gasteiger partial charge in [-0.05, 0) is 32.3 Å². The zero-order valence-electron chi connectivity index (χ0n) is 17.1. The van der Waals surface area contributed by atoms with Gasteiger partial charge in [0.15, 0.2) is 16.4 Å². The number of hydrogen-bond donors (Lipinski definition) is 0. The van der Waals surface area contributed by atoms with Gasteiger partial charge in [-0.15, -0.1) is 0 Å². The third-order valence-corrected chi connectivity index (χ3v) is 7.96. The van der Waals surface area contributed by atoms with Crippen molar-refractivity contribution in [3.63, 3.8) is 0 Å². The fourth-order valence-corrected chi connectivity index (χ4v) is 6.41. The first-order valence-corrected chi connectivity index (χ1v) is 12.3. The Morgan fingerprint density at radius 3 is 2.50 bits per heavy atom. The van der Waals surface area contributed by atoms with E-state index >= 15 is 0 Å². The second-order valence-electron chi connectivity index (χ2n) is 8.28. The summed E-state index contributed by atoms with van der Waals surface area (Å²) in [5.41, 5.74) is 1.27. The molecule has 0 N–H and O–H groups in total. The molecule has 1 saturated heterocycles. The summed E-state index contributed by atoms with van der Waals surface area (Å²) in [6, 6.07) is 6.99. The number of aryl methyl sites for hydroxylation is 1. The average molecular weight is 434 g/mol. The number of fused-ring (bicyclic) bond motifs is 1. The normalized spacial score (nSPS) is 21.6. The van der Waals surface area contributed by atoms with Gasteiger partial charge in [0.05, 0.1) is 11.5 Å². The topological polar surface area (TPSA) is 93.9 Å². The molecule has 1 aromatic carbocycles. The van der Waals surface area contributed by atoms with Gasteiger partial charge < -0.3 is 14.1 Å². The first-order valence-electron chi connectivity index (χ1n) is 10.5. The van der Waals surface area contributed by atoms with E-state index in [1.54, 1.807) is 17.9 Å². The minimum atomic E-state index is -3.12. The number of hydrogen-bond acceptors (Lipinski definition) is 6. The number of rotatable bonds is 5. The number of para-hydroxylation sites is 1. The Morgan fingerprint density at radius 2 is 1.83 bits per heavy atom. The molecule has 1 aromatic heterocycles. The van der Waals surface area contributed by atoms with Crippen LogP contribution in [0.5, 0.6) is 0 Å². The molecule has 30 heavy (non-hydrogen) atoms. The Kier molecular flexibility index (Phi) is 5.86. The third-order valence-electron chi connectivity index (χ3n) is 6.21. The molecule has 2 heterocycles. The number of sulfone groups is 1. The number of furan rings is 1. The highest BCUT2D eigenvalue weighted by atomic mass is 32.2. The van der Waals surface area contributed by atoms with E-state index in [0.29, 0.717) is 17.6 Å². The number of nitrogens with zero attached hydrogens (tertiary/aromatic N) is 1. The lowest BCUT2D eigenvalue weighted by Gasteiger charge is -2.38. The zero-order valence-corrected chi connectivity index (χ0v) is 17.9. The monoisotopic (exact) mass is 433 g/mol. The van der Waals surface area contributed by atoms with Gasteiger partial charge in [-0.3, -0.25) is 4.79 Å². The first-order chi connectivity index (χ1) is 14.4. The maximum absolute atomic E-state index is 13.1. The lowest BCUT2D eigenvalue weighted by atomic mass is 9.93. The molecule has 0 spiro atoms. The molecule has 0 radical (unpaired) electrons. The molecule has 7 nitrogen and oxygen atoms in total. The summed E-state index contributed by atoms with van der Waals surface area (Å²) in [7, 11) is -3.12. The maximum Gasteiger partial charge on any atom is 0.375 e. The van der Waals surface area contributed by atoms with Crippen LogP contribution in [0.15, 0.2) is 28.7 Å². The van der Waals surface area contributed by atoms with E-state index in [1.165, 1.54) is 0 Å². The second-order valence-corrected chi connectivity index (χ2v) is 10.5. The van der Waals surface area contributed by atoms with E-state index in [1.807, 2.05) is 18.2 Å². The second kappa shape index (κ2) is 8.41. The third kappa shape index (κ3) is 4.24. The van der Waals surface area contributed by atoms with E-state index in [0.717, 1.165) is 37.5 Å². The molecule has 8 heteroatoms. The Labute approximate surface area is 176 Å². The molecule has 162 valence electrons. The molecule has 2 aromatic rings. The van der Waals surface area contributed by atoms with Gasteiger partial charge in [0.1, 0.15) is 5.58 Å². The van der Waals surface area contributed by atoms with Gasteiger partial charge in [-0.1, -0.05) is 37.5 Å². The summed E-state index contributed by atoms with van der Waals surface area (Å²) in [5, 5.41) is 0.829. The zero-order chi connectivity index (χ0) is 21.3. The molecule has 2 aliphatic rings. The predicted octanol–water partition coefficient (Wildman–Crippen LogP) is 3.25. The molecule has 1 unspecified atom stereocenters. The van der Waals surface area contributed by atoms with Crippen LogP contribution in [0, 0.1) is 6.92 Å². The number of carbonyl (C=O) groups is 2. The van der Waals surface area contributed by atoms with Crippen molar-refractivity contribution in [3.05, 3.63) is 35.6 Å². The van der Waals surface area contributed by atoms with Crippen molar-refractivity contribution in [2.24, 2.45) is 0 Å². The summed E-state index contributed by atoms with van der Waals surface area (Å²) in [5.74, 6) is -0.819. The van der Waals surface area contributed by atoms with E-state index in [4.69, 9.17) is 9.15 Å². The van der Waals surface area contributed by atoms with Crippen LogP contribution in [0.2, 0.25) is 0 Å². The van der Waals surface area contributed by atoms with Crippen molar-refractivity contribution in [2.75, 3.05) is 18.1 Å². The summed E-state index contributed by atoms with van der Waals surface area (Å²) in [6.45, 7) is 1.37. The van der Waals surface area contributed by atoms with E-state index in [9.17, 15) is 18.0 Å². The van der Waals surface area contributed by atoms with Gasteiger partial charge in [-0.25, -0.2) is 13.2 Å². The van der Waals surface area contributed by atoms with Crippen molar-refractivity contribution in [1.29, 1.82) is 0 Å². The summed E-state index contributed by atoms with van der Waals surface area (Å²) >= 11 is 0. The standard InChI is InChI=1S/C22H27NO6S/c1-15-18-9-5-6-10-19(18)29-21(15)22(25)28-13-20(24)23(16-7-3-2-4-8-16)17-11-12-30(26,27)14-17/h5-6,9-10,16-17H,2-4,7-8,11-14H2,1H3. The van der Waals surface area contributed by atoms with Crippen LogP contribution in [0.25, 0.3) is 11.0 Å². The lowest BCUT2D eigenvalue weighted by Crippen LogP contribution is -2.50. The van der Waals surface area contributed by atoms with Crippen molar-refractivity contribution >= 4 is 32.7 Å². The van der Waals surface area contributed by atoms with Gasteiger partial charge in [0.2, 0.25) is 5.76 Å². The molecule has 1 amide bonds. The van der Waals surface area contributed by atoms with E-state index < -0.39 is 22.4 Å². The average Bonchev–Trinajstić information content (AvgIpc) is 3.26. The van der Waals surface area contributed by atoms with Crippen molar-refractivity contribution in [3.8, 4) is 0 Å². The molecule has 2 fully saturated rings. The fourth-order valence-electron chi connectivity index (χ4n) is 4.70. The number of ether oxygens (including phenoxy) is 1. The lowest BCUT2D eigenvalue weighted by molar-refractivity contribution is -0.140. The fraction of sp³-hybridized carbons (Fsp3) is 0.545. The Balaban J connectivity index is 1.47. The predicted molar refractivity (Wildman–Crippen MR) is 112 cm³/mol. The molecule has 1 saturated carbocycles. The highest BCUT2D eigenvalue weighted by Crippen LogP contribution is 2.29. The van der Waals surface area contributed by atoms with Crippen LogP contribution >= 0.6 is 0 Å². The first kappa shape index (κ1) is 20.9. The summed E-state index contributed by atoms with van der Waals surface area (Å²) < 4.78 is 34.9. The molecule has 1 atom stereocenters. The largest absolute Gasteiger partial charge is 0.450 e. The number of benzene rings is 1. The van der Waals surface area contributed by atoms with Crippen molar-refractivity contribution in [1.82, 2.24) is 4.90 Å². The Hall–Kier alpha value is -2.35. The number of esters is 1. The van der Waals surface area contributed by atoms with Gasteiger partial charge >= 0.3 is 5.97 Å². The Morgan fingerprint density at radius 1 is 1.10 bits per heavy atom. The van der Waals surface area contributed by atoms with Crippen LogP contribution in [0.3, 0.4) is 0 Å². The number of amides is 1. The van der Waals surface area contributed by atoms with E-state index in [2.05, 4.69) is 0 Å². The highest BCUT2D eigenvalue weighted by Gasteiger charge is 2.38. The summed E-state index contributed by atoms with van der Waals surface area (Å²) in [4.78, 5) is 27.3. The van der Waals surface area contributed by atoms with Crippen molar-refractivity contribution < 1.29 is 27.2 Å². The van der Waals surface area contributed by atoms with Gasteiger partial charge in [0, 0.05) is 23.0 Å². The van der Waals surface area contributed by atoms with Gasteiger partial charge in [0.25, 0.3) is 5.91 Å². The smallest absolute Gasteiger partial charge is 0.375 e. The van der Waals surface area contributed by atoms with Crippen LogP contribution < -0.4 is 0 Å². The van der Waals surface area contributed by atoms with Crippen LogP contribution in [0.4, 0.5) is 0 Å². The molecule has 4 rings (SSSR count). The quantitative estimate of drug-likeness (QED) is 0.672. The molecule has 0 bridgehead atoms. The summed E-state index contributed by atoms with van der Waals surface area (Å²) in [6.07, 6.45) is 5.33. The minimum Gasteiger partial charge on any atom is -0.450 e. The maximum atomic E-state index is 13.1. The molecule has 1 aliphatic carbocycles.